The highest BCUT2D eigenvalue weighted by molar-refractivity contribution is 5.33. The van der Waals surface area contributed by atoms with Crippen molar-refractivity contribution in [3.63, 3.8) is 0 Å². The topological polar surface area (TPSA) is 54.2 Å². The zero-order valence-electron chi connectivity index (χ0n) is 10.7. The number of nitrogen functional groups attached to an aromatic ring is 1. The molecule has 4 nitrogen and oxygen atoms in total. The lowest BCUT2D eigenvalue weighted by Crippen LogP contribution is -2.37. The van der Waals surface area contributed by atoms with Crippen LogP contribution in [0.1, 0.15) is 25.8 Å². The minimum Gasteiger partial charge on any atom is -0.308 e. The molecule has 2 heterocycles. The van der Waals surface area contributed by atoms with E-state index in [4.69, 9.17) is 5.84 Å². The van der Waals surface area contributed by atoms with Crippen LogP contribution in [0, 0.1) is 11.8 Å². The lowest BCUT2D eigenvalue weighted by molar-refractivity contribution is 0.132. The maximum absolute atomic E-state index is 5.29. The van der Waals surface area contributed by atoms with E-state index in [1.165, 1.54) is 25.1 Å². The SMILES string of the molecule is CC1CCN(Cc2ccc(NN)nc2)CC1C. The van der Waals surface area contributed by atoms with Crippen LogP contribution in [-0.2, 0) is 6.54 Å². The van der Waals surface area contributed by atoms with Gasteiger partial charge in [-0.1, -0.05) is 19.9 Å². The number of hydrazine groups is 1. The Morgan fingerprint density at radius 1 is 1.41 bits per heavy atom. The Morgan fingerprint density at radius 2 is 2.24 bits per heavy atom. The molecule has 2 unspecified atom stereocenters. The highest BCUT2D eigenvalue weighted by Crippen LogP contribution is 2.23. The molecule has 1 aromatic heterocycles. The van der Waals surface area contributed by atoms with Crippen LogP contribution < -0.4 is 11.3 Å². The standard InChI is InChI=1S/C13H22N4/c1-10-5-6-17(8-11(10)2)9-12-3-4-13(16-14)15-7-12/h3-4,7,10-11H,5-6,8-9,14H2,1-2H3,(H,15,16). The van der Waals surface area contributed by atoms with E-state index in [-0.39, 0.29) is 0 Å². The van der Waals surface area contributed by atoms with Crippen LogP contribution in [0.5, 0.6) is 0 Å². The molecule has 0 bridgehead atoms. The fraction of sp³-hybridized carbons (Fsp3) is 0.615. The van der Waals surface area contributed by atoms with Crippen molar-refractivity contribution < 1.29 is 0 Å². The van der Waals surface area contributed by atoms with Gasteiger partial charge in [-0.2, -0.15) is 0 Å². The van der Waals surface area contributed by atoms with Gasteiger partial charge < -0.3 is 5.43 Å². The molecule has 1 fully saturated rings. The van der Waals surface area contributed by atoms with Crippen LogP contribution in [0.4, 0.5) is 5.82 Å². The Kier molecular flexibility index (Phi) is 3.97. The third-order valence-electron chi connectivity index (χ3n) is 3.80. The molecule has 0 aliphatic carbocycles. The second-order valence-corrected chi connectivity index (χ2v) is 5.17. The van der Waals surface area contributed by atoms with E-state index in [9.17, 15) is 0 Å². The summed E-state index contributed by atoms with van der Waals surface area (Å²) < 4.78 is 0. The minimum absolute atomic E-state index is 0.717. The van der Waals surface area contributed by atoms with Gasteiger partial charge in [0.05, 0.1) is 0 Å². The molecule has 0 radical (unpaired) electrons. The van der Waals surface area contributed by atoms with Crippen LogP contribution in [0.15, 0.2) is 18.3 Å². The number of aromatic nitrogens is 1. The van der Waals surface area contributed by atoms with E-state index < -0.39 is 0 Å². The van der Waals surface area contributed by atoms with Gasteiger partial charge >= 0.3 is 0 Å². The maximum Gasteiger partial charge on any atom is 0.139 e. The number of likely N-dealkylation sites (tertiary alicyclic amines) is 1. The fourth-order valence-corrected chi connectivity index (χ4v) is 2.35. The smallest absolute Gasteiger partial charge is 0.139 e. The van der Waals surface area contributed by atoms with Crippen LogP contribution in [0.25, 0.3) is 0 Å². The first-order chi connectivity index (χ1) is 8.19. The first-order valence-electron chi connectivity index (χ1n) is 6.33. The van der Waals surface area contributed by atoms with Crippen LogP contribution in [-0.4, -0.2) is 23.0 Å². The molecular weight excluding hydrogens is 212 g/mol. The monoisotopic (exact) mass is 234 g/mol. The van der Waals surface area contributed by atoms with Gasteiger partial charge in [0.2, 0.25) is 0 Å². The summed E-state index contributed by atoms with van der Waals surface area (Å²) >= 11 is 0. The summed E-state index contributed by atoms with van der Waals surface area (Å²) in [6.07, 6.45) is 3.20. The Balaban J connectivity index is 1.92. The lowest BCUT2D eigenvalue weighted by atomic mass is 9.88. The number of nitrogens with one attached hydrogen (secondary N) is 1. The number of hydrogen-bond acceptors (Lipinski definition) is 4. The second kappa shape index (κ2) is 5.47. The number of anilines is 1. The van der Waals surface area contributed by atoms with Gasteiger partial charge in [-0.25, -0.2) is 10.8 Å². The number of piperidine rings is 1. The second-order valence-electron chi connectivity index (χ2n) is 5.17. The number of rotatable bonds is 3. The summed E-state index contributed by atoms with van der Waals surface area (Å²) in [5.74, 6) is 7.66. The van der Waals surface area contributed by atoms with Crippen molar-refractivity contribution in [2.45, 2.75) is 26.8 Å². The van der Waals surface area contributed by atoms with Gasteiger partial charge in [0.25, 0.3) is 0 Å². The molecular formula is C13H22N4. The Hall–Kier alpha value is -1.13. The zero-order chi connectivity index (χ0) is 12.3. The minimum atomic E-state index is 0.717. The molecule has 17 heavy (non-hydrogen) atoms. The Labute approximate surface area is 103 Å². The summed E-state index contributed by atoms with van der Waals surface area (Å²) in [4.78, 5) is 6.75. The molecule has 1 aliphatic rings. The van der Waals surface area contributed by atoms with Crippen molar-refractivity contribution in [1.82, 2.24) is 9.88 Å². The molecule has 4 heteroatoms. The van der Waals surface area contributed by atoms with Crippen molar-refractivity contribution >= 4 is 5.82 Å². The third-order valence-corrected chi connectivity index (χ3v) is 3.80. The largest absolute Gasteiger partial charge is 0.308 e. The number of nitrogens with two attached hydrogens (primary N) is 1. The highest BCUT2D eigenvalue weighted by Gasteiger charge is 2.22. The van der Waals surface area contributed by atoms with E-state index in [1.54, 1.807) is 0 Å². The average Bonchev–Trinajstić information content (AvgIpc) is 2.35. The quantitative estimate of drug-likeness (QED) is 0.619. The highest BCUT2D eigenvalue weighted by atomic mass is 15.2. The van der Waals surface area contributed by atoms with Crippen molar-refractivity contribution in [3.8, 4) is 0 Å². The van der Waals surface area contributed by atoms with Gasteiger partial charge in [-0.3, -0.25) is 4.90 Å². The molecule has 0 saturated carbocycles. The van der Waals surface area contributed by atoms with Crippen molar-refractivity contribution in [2.75, 3.05) is 18.5 Å². The first-order valence-corrected chi connectivity index (χ1v) is 6.33. The van der Waals surface area contributed by atoms with Gasteiger partial charge in [-0.15, -0.1) is 0 Å². The van der Waals surface area contributed by atoms with Gasteiger partial charge in [0.15, 0.2) is 0 Å². The molecule has 2 atom stereocenters. The zero-order valence-corrected chi connectivity index (χ0v) is 10.7. The van der Waals surface area contributed by atoms with Crippen molar-refractivity contribution in [2.24, 2.45) is 17.7 Å². The summed E-state index contributed by atoms with van der Waals surface area (Å²) in [5.41, 5.74) is 3.80. The van der Waals surface area contributed by atoms with Crippen LogP contribution in [0.2, 0.25) is 0 Å². The molecule has 1 aromatic rings. The van der Waals surface area contributed by atoms with Crippen molar-refractivity contribution in [3.05, 3.63) is 23.9 Å². The summed E-state index contributed by atoms with van der Waals surface area (Å²) in [6, 6.07) is 4.01. The van der Waals surface area contributed by atoms with E-state index in [0.29, 0.717) is 0 Å². The molecule has 3 N–H and O–H groups in total. The van der Waals surface area contributed by atoms with Crippen molar-refractivity contribution in [1.29, 1.82) is 0 Å². The van der Waals surface area contributed by atoms with Crippen LogP contribution >= 0.6 is 0 Å². The van der Waals surface area contributed by atoms with E-state index in [2.05, 4.69) is 35.2 Å². The first kappa shape index (κ1) is 12.3. The lowest BCUT2D eigenvalue weighted by Gasteiger charge is -2.35. The molecule has 2 rings (SSSR count). The Bertz CT molecular complexity index is 349. The van der Waals surface area contributed by atoms with Gasteiger partial charge in [0.1, 0.15) is 5.82 Å². The predicted molar refractivity (Wildman–Crippen MR) is 70.3 cm³/mol. The van der Waals surface area contributed by atoms with Gasteiger partial charge in [0, 0.05) is 19.3 Å². The third kappa shape index (κ3) is 3.17. The molecule has 1 aliphatic heterocycles. The number of pyridine rings is 1. The Morgan fingerprint density at radius 3 is 2.82 bits per heavy atom. The maximum atomic E-state index is 5.29. The normalized spacial score (nSPS) is 25.8. The molecule has 0 amide bonds. The molecule has 0 spiro atoms. The van der Waals surface area contributed by atoms with Gasteiger partial charge in [-0.05, 0) is 36.4 Å². The summed E-state index contributed by atoms with van der Waals surface area (Å²) in [7, 11) is 0. The average molecular weight is 234 g/mol. The van der Waals surface area contributed by atoms with E-state index in [0.717, 1.165) is 24.2 Å². The fourth-order valence-electron chi connectivity index (χ4n) is 2.35. The number of nitrogens with zero attached hydrogens (tertiary/aromatic N) is 2. The number of hydrogen-bond donors (Lipinski definition) is 2. The summed E-state index contributed by atoms with van der Waals surface area (Å²) in [6.45, 7) is 8.08. The van der Waals surface area contributed by atoms with E-state index >= 15 is 0 Å². The molecule has 94 valence electrons. The van der Waals surface area contributed by atoms with Crippen LogP contribution in [0.3, 0.4) is 0 Å². The summed E-state index contributed by atoms with van der Waals surface area (Å²) in [5, 5.41) is 0. The molecule has 0 aromatic carbocycles. The predicted octanol–water partition coefficient (Wildman–Crippen LogP) is 1.85. The molecule has 1 saturated heterocycles. The van der Waals surface area contributed by atoms with E-state index in [1.807, 2.05) is 12.3 Å².